The molecule has 0 aromatic rings. The number of carbonyl (C=O) groups excluding carboxylic acids is 1. The summed E-state index contributed by atoms with van der Waals surface area (Å²) in [5.74, 6) is 1.26. The monoisotopic (exact) mass is 258 g/mol. The molecule has 3 N–H and O–H groups in total. The first-order chi connectivity index (χ1) is 8.07. The highest BCUT2D eigenvalue weighted by atomic mass is 32.2. The molecule has 1 aliphatic carbocycles. The van der Waals surface area contributed by atoms with Gasteiger partial charge >= 0.3 is 0 Å². The Hall–Kier alpha value is -0.220. The summed E-state index contributed by atoms with van der Waals surface area (Å²) in [6, 6.07) is 0.352. The number of amides is 1. The molecule has 17 heavy (non-hydrogen) atoms. The molecule has 0 spiro atoms. The number of hydrogen-bond acceptors (Lipinski definition) is 3. The van der Waals surface area contributed by atoms with E-state index < -0.39 is 5.41 Å². The molecule has 100 valence electrons. The van der Waals surface area contributed by atoms with Gasteiger partial charge < -0.3 is 11.1 Å². The molecule has 1 fully saturated rings. The zero-order chi connectivity index (χ0) is 12.9. The summed E-state index contributed by atoms with van der Waals surface area (Å²) in [5, 5.41) is 3.82. The van der Waals surface area contributed by atoms with Crippen LogP contribution in [0.15, 0.2) is 0 Å². The standard InChI is InChI=1S/C13H26N2OS/c1-4-13(3,9-14)12(16)15-10-7-6-8-11(10)17-5-2/h10-11H,4-9,14H2,1-3H3,(H,15,16). The van der Waals surface area contributed by atoms with Crippen LogP contribution in [0.4, 0.5) is 0 Å². The van der Waals surface area contributed by atoms with Gasteiger partial charge in [-0.2, -0.15) is 11.8 Å². The Balaban J connectivity index is 2.55. The van der Waals surface area contributed by atoms with E-state index in [1.807, 2.05) is 25.6 Å². The fourth-order valence-electron chi connectivity index (χ4n) is 2.24. The van der Waals surface area contributed by atoms with Gasteiger partial charge in [-0.05, 0) is 31.9 Å². The highest BCUT2D eigenvalue weighted by molar-refractivity contribution is 7.99. The molecule has 3 unspecified atom stereocenters. The number of nitrogens with two attached hydrogens (primary N) is 1. The number of thioether (sulfide) groups is 1. The second kappa shape index (κ2) is 6.64. The van der Waals surface area contributed by atoms with Crippen molar-refractivity contribution in [1.82, 2.24) is 5.32 Å². The Kier molecular flexibility index (Phi) is 5.80. The lowest BCUT2D eigenvalue weighted by atomic mass is 9.86. The van der Waals surface area contributed by atoms with E-state index in [9.17, 15) is 4.79 Å². The van der Waals surface area contributed by atoms with Crippen LogP contribution in [0.2, 0.25) is 0 Å². The van der Waals surface area contributed by atoms with Crippen LogP contribution in [0, 0.1) is 5.41 Å². The molecular weight excluding hydrogens is 232 g/mol. The Morgan fingerprint density at radius 1 is 1.47 bits per heavy atom. The first-order valence-electron chi connectivity index (χ1n) is 6.70. The van der Waals surface area contributed by atoms with Gasteiger partial charge in [0.05, 0.1) is 5.41 Å². The van der Waals surface area contributed by atoms with Crippen molar-refractivity contribution >= 4 is 17.7 Å². The molecule has 0 saturated heterocycles. The number of nitrogens with one attached hydrogen (secondary N) is 1. The van der Waals surface area contributed by atoms with Crippen LogP contribution in [0.1, 0.15) is 46.5 Å². The van der Waals surface area contributed by atoms with Crippen molar-refractivity contribution in [2.24, 2.45) is 11.1 Å². The molecule has 3 nitrogen and oxygen atoms in total. The lowest BCUT2D eigenvalue weighted by molar-refractivity contribution is -0.130. The fourth-order valence-corrected chi connectivity index (χ4v) is 3.44. The van der Waals surface area contributed by atoms with Crippen LogP contribution in [0.3, 0.4) is 0 Å². The van der Waals surface area contributed by atoms with Gasteiger partial charge in [0.2, 0.25) is 5.91 Å². The summed E-state index contributed by atoms with van der Waals surface area (Å²) in [7, 11) is 0. The van der Waals surface area contributed by atoms with Gasteiger partial charge in [-0.25, -0.2) is 0 Å². The van der Waals surface area contributed by atoms with E-state index in [0.29, 0.717) is 17.8 Å². The normalized spacial score (nSPS) is 27.8. The Bertz CT molecular complexity index is 254. The van der Waals surface area contributed by atoms with Crippen LogP contribution >= 0.6 is 11.8 Å². The van der Waals surface area contributed by atoms with Crippen molar-refractivity contribution in [2.45, 2.75) is 57.7 Å². The number of carbonyl (C=O) groups is 1. The summed E-state index contributed by atoms with van der Waals surface area (Å²) in [6.45, 7) is 6.59. The third-order valence-electron chi connectivity index (χ3n) is 3.93. The largest absolute Gasteiger partial charge is 0.352 e. The average Bonchev–Trinajstić information content (AvgIpc) is 2.76. The van der Waals surface area contributed by atoms with Crippen LogP contribution < -0.4 is 11.1 Å². The van der Waals surface area contributed by atoms with Crippen molar-refractivity contribution in [3.05, 3.63) is 0 Å². The van der Waals surface area contributed by atoms with E-state index in [2.05, 4.69) is 12.2 Å². The molecule has 4 heteroatoms. The van der Waals surface area contributed by atoms with E-state index >= 15 is 0 Å². The second-order valence-corrected chi connectivity index (χ2v) is 6.64. The van der Waals surface area contributed by atoms with Crippen LogP contribution in [-0.2, 0) is 4.79 Å². The summed E-state index contributed by atoms with van der Waals surface area (Å²) >= 11 is 1.97. The summed E-state index contributed by atoms with van der Waals surface area (Å²) in [5.41, 5.74) is 5.32. The minimum Gasteiger partial charge on any atom is -0.352 e. The van der Waals surface area contributed by atoms with Gasteiger partial charge in [-0.15, -0.1) is 0 Å². The van der Waals surface area contributed by atoms with E-state index in [-0.39, 0.29) is 5.91 Å². The van der Waals surface area contributed by atoms with Crippen LogP contribution in [0.5, 0.6) is 0 Å². The average molecular weight is 258 g/mol. The minimum atomic E-state index is -0.399. The van der Waals surface area contributed by atoms with Gasteiger partial charge in [-0.3, -0.25) is 4.79 Å². The molecule has 1 aliphatic rings. The first-order valence-corrected chi connectivity index (χ1v) is 7.75. The third kappa shape index (κ3) is 3.62. The van der Waals surface area contributed by atoms with E-state index in [4.69, 9.17) is 5.73 Å². The van der Waals surface area contributed by atoms with Gasteiger partial charge in [0.1, 0.15) is 0 Å². The maximum Gasteiger partial charge on any atom is 0.227 e. The smallest absolute Gasteiger partial charge is 0.227 e. The second-order valence-electron chi connectivity index (χ2n) is 5.12. The summed E-state index contributed by atoms with van der Waals surface area (Å²) in [6.07, 6.45) is 4.38. The molecule has 1 saturated carbocycles. The molecule has 0 heterocycles. The Morgan fingerprint density at radius 3 is 2.71 bits per heavy atom. The predicted octanol–water partition coefficient (Wildman–Crippen LogP) is 2.15. The predicted molar refractivity (Wildman–Crippen MR) is 75.2 cm³/mol. The first kappa shape index (κ1) is 14.8. The summed E-state index contributed by atoms with van der Waals surface area (Å²) < 4.78 is 0. The topological polar surface area (TPSA) is 55.1 Å². The van der Waals surface area contributed by atoms with Crippen molar-refractivity contribution < 1.29 is 4.79 Å². The SMILES string of the molecule is CCSC1CCCC1NC(=O)C(C)(CC)CN. The Morgan fingerprint density at radius 2 is 2.18 bits per heavy atom. The molecule has 3 atom stereocenters. The molecule has 0 aliphatic heterocycles. The molecule has 0 aromatic heterocycles. The zero-order valence-electron chi connectivity index (χ0n) is 11.3. The molecule has 1 rings (SSSR count). The molecule has 1 amide bonds. The van der Waals surface area contributed by atoms with Crippen LogP contribution in [0.25, 0.3) is 0 Å². The molecule has 0 bridgehead atoms. The van der Waals surface area contributed by atoms with E-state index in [1.165, 1.54) is 12.8 Å². The number of rotatable bonds is 6. The highest BCUT2D eigenvalue weighted by Crippen LogP contribution is 2.31. The fraction of sp³-hybridized carbons (Fsp3) is 0.923. The molecule has 0 radical (unpaired) electrons. The van der Waals surface area contributed by atoms with E-state index in [0.717, 1.165) is 18.6 Å². The molecular formula is C13H26N2OS. The summed E-state index contributed by atoms with van der Waals surface area (Å²) in [4.78, 5) is 12.2. The maximum absolute atomic E-state index is 12.2. The third-order valence-corrected chi connectivity index (χ3v) is 5.25. The minimum absolute atomic E-state index is 0.135. The quantitative estimate of drug-likeness (QED) is 0.767. The van der Waals surface area contributed by atoms with Crippen LogP contribution in [-0.4, -0.2) is 29.5 Å². The Labute approximate surface area is 109 Å². The van der Waals surface area contributed by atoms with Gasteiger partial charge in [0.15, 0.2) is 0 Å². The highest BCUT2D eigenvalue weighted by Gasteiger charge is 2.34. The van der Waals surface area contributed by atoms with Crippen molar-refractivity contribution in [1.29, 1.82) is 0 Å². The van der Waals surface area contributed by atoms with Crippen molar-refractivity contribution in [2.75, 3.05) is 12.3 Å². The molecule has 0 aromatic carbocycles. The van der Waals surface area contributed by atoms with Gasteiger partial charge in [0.25, 0.3) is 0 Å². The lowest BCUT2D eigenvalue weighted by Crippen LogP contribution is -2.49. The maximum atomic E-state index is 12.2. The van der Waals surface area contributed by atoms with Crippen molar-refractivity contribution in [3.8, 4) is 0 Å². The van der Waals surface area contributed by atoms with Gasteiger partial charge in [-0.1, -0.05) is 20.3 Å². The number of hydrogen-bond donors (Lipinski definition) is 2. The van der Waals surface area contributed by atoms with Crippen molar-refractivity contribution in [3.63, 3.8) is 0 Å². The zero-order valence-corrected chi connectivity index (χ0v) is 12.1. The van der Waals surface area contributed by atoms with Gasteiger partial charge in [0, 0.05) is 17.8 Å². The van der Waals surface area contributed by atoms with E-state index in [1.54, 1.807) is 0 Å². The lowest BCUT2D eigenvalue weighted by Gasteiger charge is -2.29.